The SMILES string of the molecule is CCOc1cccc(NCCC(=O)N2CCCC2)c1N. The van der Waals surface area contributed by atoms with Crippen molar-refractivity contribution in [2.75, 3.05) is 37.3 Å². The summed E-state index contributed by atoms with van der Waals surface area (Å²) in [6.07, 6.45) is 2.75. The maximum Gasteiger partial charge on any atom is 0.224 e. The molecule has 110 valence electrons. The third kappa shape index (κ3) is 3.56. The van der Waals surface area contributed by atoms with Gasteiger partial charge in [0.2, 0.25) is 5.91 Å². The zero-order valence-electron chi connectivity index (χ0n) is 12.0. The summed E-state index contributed by atoms with van der Waals surface area (Å²) < 4.78 is 5.45. The quantitative estimate of drug-likeness (QED) is 0.781. The van der Waals surface area contributed by atoms with Gasteiger partial charge in [0.05, 0.1) is 18.0 Å². The molecule has 1 fully saturated rings. The first-order chi connectivity index (χ1) is 9.72. The standard InChI is InChI=1S/C15H23N3O2/c1-2-20-13-7-5-6-12(15(13)16)17-9-8-14(19)18-10-3-4-11-18/h5-7,17H,2-4,8-11,16H2,1H3. The molecule has 0 aliphatic carbocycles. The number of para-hydroxylation sites is 1. The lowest BCUT2D eigenvalue weighted by atomic mass is 10.2. The third-order valence-electron chi connectivity index (χ3n) is 3.48. The van der Waals surface area contributed by atoms with Gasteiger partial charge in [0.15, 0.2) is 0 Å². The molecule has 0 spiro atoms. The molecule has 0 bridgehead atoms. The van der Waals surface area contributed by atoms with Crippen LogP contribution in [0.1, 0.15) is 26.2 Å². The van der Waals surface area contributed by atoms with Crippen LogP contribution in [0.3, 0.4) is 0 Å². The van der Waals surface area contributed by atoms with Gasteiger partial charge in [0.25, 0.3) is 0 Å². The zero-order valence-corrected chi connectivity index (χ0v) is 12.0. The number of rotatable bonds is 6. The van der Waals surface area contributed by atoms with Gasteiger partial charge in [0.1, 0.15) is 5.75 Å². The number of nitrogens with zero attached hydrogens (tertiary/aromatic N) is 1. The number of benzene rings is 1. The molecule has 1 saturated heterocycles. The van der Waals surface area contributed by atoms with E-state index in [0.717, 1.165) is 31.6 Å². The van der Waals surface area contributed by atoms with E-state index in [4.69, 9.17) is 10.5 Å². The Kier molecular flexibility index (Phi) is 5.09. The van der Waals surface area contributed by atoms with Crippen LogP contribution in [-0.4, -0.2) is 37.0 Å². The van der Waals surface area contributed by atoms with Crippen molar-refractivity contribution in [2.24, 2.45) is 0 Å². The lowest BCUT2D eigenvalue weighted by molar-refractivity contribution is -0.129. The normalized spacial score (nSPS) is 14.3. The van der Waals surface area contributed by atoms with E-state index in [-0.39, 0.29) is 5.91 Å². The fourth-order valence-corrected chi connectivity index (χ4v) is 2.41. The Morgan fingerprint density at radius 1 is 1.40 bits per heavy atom. The fourth-order valence-electron chi connectivity index (χ4n) is 2.41. The van der Waals surface area contributed by atoms with Crippen LogP contribution in [0, 0.1) is 0 Å². The highest BCUT2D eigenvalue weighted by molar-refractivity contribution is 5.78. The first kappa shape index (κ1) is 14.5. The molecule has 20 heavy (non-hydrogen) atoms. The van der Waals surface area contributed by atoms with Gasteiger partial charge in [-0.15, -0.1) is 0 Å². The maximum atomic E-state index is 11.9. The van der Waals surface area contributed by atoms with E-state index in [0.29, 0.717) is 31.0 Å². The van der Waals surface area contributed by atoms with Crippen molar-refractivity contribution >= 4 is 17.3 Å². The van der Waals surface area contributed by atoms with Crippen LogP contribution < -0.4 is 15.8 Å². The number of nitrogens with two attached hydrogens (primary N) is 1. The Labute approximate surface area is 120 Å². The summed E-state index contributed by atoms with van der Waals surface area (Å²) >= 11 is 0. The summed E-state index contributed by atoms with van der Waals surface area (Å²) in [5.74, 6) is 0.901. The van der Waals surface area contributed by atoms with Crippen LogP contribution in [0.2, 0.25) is 0 Å². The number of ether oxygens (including phenoxy) is 1. The summed E-state index contributed by atoms with van der Waals surface area (Å²) in [6.45, 7) is 4.91. The number of carbonyl (C=O) groups is 1. The summed E-state index contributed by atoms with van der Waals surface area (Å²) in [4.78, 5) is 13.9. The summed E-state index contributed by atoms with van der Waals surface area (Å²) in [6, 6.07) is 5.64. The number of likely N-dealkylation sites (tertiary alicyclic amines) is 1. The maximum absolute atomic E-state index is 11.9. The average Bonchev–Trinajstić information content (AvgIpc) is 2.97. The minimum atomic E-state index is 0.217. The molecule has 5 heteroatoms. The Morgan fingerprint density at radius 3 is 2.85 bits per heavy atom. The minimum absolute atomic E-state index is 0.217. The Bertz CT molecular complexity index is 456. The molecule has 1 aromatic rings. The molecular weight excluding hydrogens is 254 g/mol. The zero-order chi connectivity index (χ0) is 14.4. The molecule has 0 atom stereocenters. The molecule has 1 aliphatic heterocycles. The number of amides is 1. The van der Waals surface area contributed by atoms with Crippen molar-refractivity contribution in [3.63, 3.8) is 0 Å². The summed E-state index contributed by atoms with van der Waals surface area (Å²) in [7, 11) is 0. The topological polar surface area (TPSA) is 67.6 Å². The van der Waals surface area contributed by atoms with Crippen molar-refractivity contribution < 1.29 is 9.53 Å². The van der Waals surface area contributed by atoms with Crippen molar-refractivity contribution in [3.05, 3.63) is 18.2 Å². The van der Waals surface area contributed by atoms with Gasteiger partial charge in [-0.1, -0.05) is 6.07 Å². The Hall–Kier alpha value is -1.91. The highest BCUT2D eigenvalue weighted by atomic mass is 16.5. The van der Waals surface area contributed by atoms with Gasteiger partial charge in [0, 0.05) is 26.1 Å². The number of nitrogens with one attached hydrogen (secondary N) is 1. The van der Waals surface area contributed by atoms with Crippen LogP contribution in [0.4, 0.5) is 11.4 Å². The van der Waals surface area contributed by atoms with E-state index >= 15 is 0 Å². The lowest BCUT2D eigenvalue weighted by Gasteiger charge is -2.16. The minimum Gasteiger partial charge on any atom is -0.492 e. The van der Waals surface area contributed by atoms with Crippen LogP contribution in [0.25, 0.3) is 0 Å². The number of hydrogen-bond acceptors (Lipinski definition) is 4. The van der Waals surface area contributed by atoms with Crippen molar-refractivity contribution in [1.82, 2.24) is 4.90 Å². The number of anilines is 2. The summed E-state index contributed by atoms with van der Waals surface area (Å²) in [5.41, 5.74) is 7.45. The second-order valence-corrected chi connectivity index (χ2v) is 4.92. The van der Waals surface area contributed by atoms with Crippen molar-refractivity contribution in [2.45, 2.75) is 26.2 Å². The van der Waals surface area contributed by atoms with Crippen molar-refractivity contribution in [1.29, 1.82) is 0 Å². The Balaban J connectivity index is 1.84. The van der Waals surface area contributed by atoms with E-state index in [1.54, 1.807) is 0 Å². The van der Waals surface area contributed by atoms with Crippen LogP contribution >= 0.6 is 0 Å². The summed E-state index contributed by atoms with van der Waals surface area (Å²) in [5, 5.41) is 3.21. The number of carbonyl (C=O) groups excluding carboxylic acids is 1. The molecule has 2 rings (SSSR count). The van der Waals surface area contributed by atoms with E-state index in [1.807, 2.05) is 30.0 Å². The molecule has 1 aromatic carbocycles. The number of hydrogen-bond donors (Lipinski definition) is 2. The molecule has 1 heterocycles. The molecule has 1 amide bonds. The van der Waals surface area contributed by atoms with Crippen LogP contribution in [0.5, 0.6) is 5.75 Å². The fraction of sp³-hybridized carbons (Fsp3) is 0.533. The smallest absolute Gasteiger partial charge is 0.224 e. The second-order valence-electron chi connectivity index (χ2n) is 4.92. The molecule has 0 unspecified atom stereocenters. The van der Waals surface area contributed by atoms with E-state index < -0.39 is 0 Å². The van der Waals surface area contributed by atoms with Crippen molar-refractivity contribution in [3.8, 4) is 5.75 Å². The van der Waals surface area contributed by atoms with Gasteiger partial charge < -0.3 is 20.7 Å². The average molecular weight is 277 g/mol. The molecule has 1 aliphatic rings. The van der Waals surface area contributed by atoms with Gasteiger partial charge in [-0.05, 0) is 31.9 Å². The highest BCUT2D eigenvalue weighted by Crippen LogP contribution is 2.29. The monoisotopic (exact) mass is 277 g/mol. The molecule has 5 nitrogen and oxygen atoms in total. The predicted molar refractivity (Wildman–Crippen MR) is 80.9 cm³/mol. The van der Waals surface area contributed by atoms with Gasteiger partial charge in [-0.3, -0.25) is 4.79 Å². The third-order valence-corrected chi connectivity index (χ3v) is 3.48. The predicted octanol–water partition coefficient (Wildman–Crippen LogP) is 2.09. The molecular formula is C15H23N3O2. The lowest BCUT2D eigenvalue weighted by Crippen LogP contribution is -2.29. The van der Waals surface area contributed by atoms with Gasteiger partial charge >= 0.3 is 0 Å². The van der Waals surface area contributed by atoms with E-state index in [9.17, 15) is 4.79 Å². The first-order valence-corrected chi connectivity index (χ1v) is 7.25. The first-order valence-electron chi connectivity index (χ1n) is 7.25. The second kappa shape index (κ2) is 7.03. The molecule has 0 saturated carbocycles. The van der Waals surface area contributed by atoms with Crippen LogP contribution in [-0.2, 0) is 4.79 Å². The van der Waals surface area contributed by atoms with E-state index in [1.165, 1.54) is 0 Å². The van der Waals surface area contributed by atoms with Crippen LogP contribution in [0.15, 0.2) is 18.2 Å². The van der Waals surface area contributed by atoms with Gasteiger partial charge in [-0.2, -0.15) is 0 Å². The van der Waals surface area contributed by atoms with E-state index in [2.05, 4.69) is 5.32 Å². The highest BCUT2D eigenvalue weighted by Gasteiger charge is 2.17. The Morgan fingerprint density at radius 2 is 2.15 bits per heavy atom. The number of nitrogen functional groups attached to an aromatic ring is 1. The molecule has 3 N–H and O–H groups in total. The van der Waals surface area contributed by atoms with Gasteiger partial charge in [-0.25, -0.2) is 0 Å². The molecule has 0 radical (unpaired) electrons. The largest absolute Gasteiger partial charge is 0.492 e. The molecule has 0 aromatic heterocycles.